The number of piperidine rings is 1. The molecule has 2 aromatic rings. The van der Waals surface area contributed by atoms with Crippen molar-refractivity contribution >= 4 is 34.2 Å². The normalized spacial score (nSPS) is 34.8. The van der Waals surface area contributed by atoms with E-state index in [0.29, 0.717) is 30.9 Å². The minimum atomic E-state index is -1.57. The number of carbonyl (C=O) groups is 1. The molecule has 1 N–H and O–H groups in total. The third-order valence-electron chi connectivity index (χ3n) is 13.0. The number of ether oxygens (including phenoxy) is 2. The number of allylic oxidation sites excluding steroid dienone is 1. The first-order valence-electron chi connectivity index (χ1n) is 19.9. The lowest BCUT2D eigenvalue weighted by molar-refractivity contribution is -0.101. The van der Waals surface area contributed by atoms with Gasteiger partial charge in [0.05, 0.1) is 17.5 Å². The highest BCUT2D eigenvalue weighted by Gasteiger charge is 2.49. The fourth-order valence-electron chi connectivity index (χ4n) is 9.56. The van der Waals surface area contributed by atoms with Crippen LogP contribution in [0.2, 0.25) is 5.02 Å². The average molecular weight is 769 g/mol. The summed E-state index contributed by atoms with van der Waals surface area (Å²) in [7, 11) is 0.288. The minimum absolute atomic E-state index is 0.0673. The van der Waals surface area contributed by atoms with E-state index in [2.05, 4.69) is 57.6 Å². The summed E-state index contributed by atoms with van der Waals surface area (Å²) in [5, 5.41) is 0.489. The van der Waals surface area contributed by atoms with E-state index >= 15 is 0 Å². The van der Waals surface area contributed by atoms with Crippen LogP contribution in [-0.2, 0) is 22.1 Å². The molecule has 1 amide bonds. The van der Waals surface area contributed by atoms with Gasteiger partial charge in [0, 0.05) is 75.5 Å². The van der Waals surface area contributed by atoms with E-state index in [-0.39, 0.29) is 35.0 Å². The molecule has 5 aliphatic rings. The number of hydrogen-bond donors (Lipinski definition) is 1. The van der Waals surface area contributed by atoms with Gasteiger partial charge in [0.2, 0.25) is 0 Å². The quantitative estimate of drug-likeness (QED) is 0.312. The summed E-state index contributed by atoms with van der Waals surface area (Å²) in [5.74, 6) is 1.18. The highest BCUT2D eigenvalue weighted by molar-refractivity contribution is 7.84. The molecule has 290 valence electrons. The third kappa shape index (κ3) is 8.37. The molecule has 2 aromatic carbocycles. The molecule has 4 aliphatic heterocycles. The zero-order valence-electron chi connectivity index (χ0n) is 31.9. The Labute approximate surface area is 323 Å². The summed E-state index contributed by atoms with van der Waals surface area (Å²) < 4.78 is 44.2. The highest BCUT2D eigenvalue weighted by Crippen LogP contribution is 2.47. The first-order chi connectivity index (χ1) is 25.6. The first-order valence-corrected chi connectivity index (χ1v) is 21.5. The van der Waals surface area contributed by atoms with Gasteiger partial charge in [-0.1, -0.05) is 50.1 Å². The van der Waals surface area contributed by atoms with Crippen molar-refractivity contribution in [2.24, 2.45) is 17.8 Å². The van der Waals surface area contributed by atoms with Crippen LogP contribution in [0.5, 0.6) is 5.75 Å². The fourth-order valence-corrected chi connectivity index (χ4v) is 10.8. The largest absolute Gasteiger partial charge is 0.491 e. The van der Waals surface area contributed by atoms with Crippen LogP contribution >= 0.6 is 11.6 Å². The Morgan fingerprint density at radius 2 is 1.92 bits per heavy atom. The molecule has 9 atom stereocenters. The minimum Gasteiger partial charge on any atom is -0.491 e. The molecule has 1 aliphatic carbocycles. The smallest absolute Gasteiger partial charge is 0.263 e. The molecule has 2 bridgehead atoms. The van der Waals surface area contributed by atoms with Gasteiger partial charge in [0.25, 0.3) is 5.91 Å². The van der Waals surface area contributed by atoms with Crippen LogP contribution in [0.15, 0.2) is 48.6 Å². The number of halogens is 2. The Morgan fingerprint density at radius 1 is 1.08 bits per heavy atom. The predicted octanol–water partition coefficient (Wildman–Crippen LogP) is 7.18. The Bertz CT molecular complexity index is 1680. The number of methoxy groups -OCH3 is 1. The fraction of sp³-hybridized carbons (Fsp3) is 0.643. The van der Waals surface area contributed by atoms with Crippen LogP contribution in [0.1, 0.15) is 86.7 Å². The molecular formula is C42H58ClFN4O4S. The van der Waals surface area contributed by atoms with Gasteiger partial charge in [0.1, 0.15) is 28.5 Å². The van der Waals surface area contributed by atoms with E-state index in [9.17, 15) is 13.4 Å². The number of aryl methyl sites for hydroxylation is 1. The van der Waals surface area contributed by atoms with Crippen molar-refractivity contribution in [3.05, 3.63) is 70.3 Å². The standard InChI is InChI=1S/C42H58ClFN4O4S/c1-5-7-30-20-34(43)11-12-37(30)33-24-48-23-32-9-13-38(32)42(51-4,27-46-18-19-47-17-15-35(44)22-36(47)25-46)16-6-8-28(2)29(3)53(50)45-41(49)31-10-14-40(52-26-33)39(48)21-31/h6,10-12,14,16,20-21,28-29,32-33,35-36,38H,5,7-9,13,15,17-19,22-27H2,1-4H3,(H,45,49)/b16-6+. The Kier molecular flexibility index (Phi) is 12.2. The summed E-state index contributed by atoms with van der Waals surface area (Å²) >= 11 is 6.50. The van der Waals surface area contributed by atoms with Crippen molar-refractivity contribution in [3.8, 4) is 5.75 Å². The van der Waals surface area contributed by atoms with Gasteiger partial charge in [-0.05, 0) is 105 Å². The van der Waals surface area contributed by atoms with Crippen molar-refractivity contribution in [3.63, 3.8) is 0 Å². The van der Waals surface area contributed by atoms with Gasteiger partial charge >= 0.3 is 0 Å². The lowest BCUT2D eigenvalue weighted by Gasteiger charge is -2.53. The summed E-state index contributed by atoms with van der Waals surface area (Å²) in [4.78, 5) is 21.0. The van der Waals surface area contributed by atoms with Crippen molar-refractivity contribution in [2.75, 3.05) is 64.4 Å². The number of benzene rings is 2. The van der Waals surface area contributed by atoms with Gasteiger partial charge in [-0.2, -0.15) is 0 Å². The van der Waals surface area contributed by atoms with Crippen LogP contribution in [0.3, 0.4) is 0 Å². The molecule has 0 spiro atoms. The molecule has 2 saturated heterocycles. The second-order valence-corrected chi connectivity index (χ2v) is 18.4. The molecule has 4 heterocycles. The van der Waals surface area contributed by atoms with Crippen LogP contribution < -0.4 is 14.4 Å². The lowest BCUT2D eigenvalue weighted by atomic mass is 9.63. The number of carbonyl (C=O) groups excluding carboxylic acids is 1. The van der Waals surface area contributed by atoms with Crippen LogP contribution in [0.25, 0.3) is 0 Å². The van der Waals surface area contributed by atoms with Gasteiger partial charge in [0.15, 0.2) is 0 Å². The number of nitrogens with zero attached hydrogens (tertiary/aromatic N) is 3. The summed E-state index contributed by atoms with van der Waals surface area (Å²) in [5.41, 5.74) is 3.34. The third-order valence-corrected chi connectivity index (χ3v) is 14.8. The molecule has 9 unspecified atom stereocenters. The second-order valence-electron chi connectivity index (χ2n) is 16.4. The maximum atomic E-state index is 14.6. The van der Waals surface area contributed by atoms with Crippen molar-refractivity contribution < 1.29 is 22.9 Å². The second kappa shape index (κ2) is 16.7. The molecule has 3 fully saturated rings. The van der Waals surface area contributed by atoms with E-state index in [1.807, 2.05) is 32.2 Å². The molecule has 11 heteroatoms. The van der Waals surface area contributed by atoms with Gasteiger partial charge in [-0.15, -0.1) is 0 Å². The predicted molar refractivity (Wildman–Crippen MR) is 212 cm³/mol. The molecule has 7 rings (SSSR count). The Morgan fingerprint density at radius 3 is 2.70 bits per heavy atom. The van der Waals surface area contributed by atoms with Crippen LogP contribution in [-0.4, -0.2) is 103 Å². The van der Waals surface area contributed by atoms with Crippen molar-refractivity contribution in [1.82, 2.24) is 14.5 Å². The lowest BCUT2D eigenvalue weighted by Crippen LogP contribution is -2.61. The number of hydrogen-bond acceptors (Lipinski definition) is 7. The summed E-state index contributed by atoms with van der Waals surface area (Å²) in [6, 6.07) is 12.1. The number of amides is 1. The zero-order chi connectivity index (χ0) is 37.3. The monoisotopic (exact) mass is 768 g/mol. The van der Waals surface area contributed by atoms with Crippen LogP contribution in [0, 0.1) is 17.8 Å². The molecule has 8 nitrogen and oxygen atoms in total. The number of alkyl halides is 1. The molecule has 0 radical (unpaired) electrons. The number of fused-ring (bicyclic) bond motifs is 3. The maximum Gasteiger partial charge on any atom is 0.263 e. The van der Waals surface area contributed by atoms with E-state index in [1.165, 1.54) is 11.1 Å². The van der Waals surface area contributed by atoms with E-state index < -0.39 is 22.8 Å². The summed E-state index contributed by atoms with van der Waals surface area (Å²) in [6.07, 6.45) is 9.86. The van der Waals surface area contributed by atoms with Gasteiger partial charge in [-0.25, -0.2) is 8.60 Å². The Balaban J connectivity index is 1.24. The number of rotatable bonds is 6. The van der Waals surface area contributed by atoms with Crippen molar-refractivity contribution in [1.29, 1.82) is 0 Å². The molecular weight excluding hydrogens is 711 g/mol. The van der Waals surface area contributed by atoms with E-state index in [0.717, 1.165) is 94.4 Å². The van der Waals surface area contributed by atoms with E-state index in [4.69, 9.17) is 21.1 Å². The highest BCUT2D eigenvalue weighted by atomic mass is 35.5. The summed E-state index contributed by atoms with van der Waals surface area (Å²) in [6.45, 7) is 12.6. The number of piperazine rings is 1. The maximum absolute atomic E-state index is 14.6. The Hall–Kier alpha value is -2.50. The van der Waals surface area contributed by atoms with Crippen molar-refractivity contribution in [2.45, 2.75) is 94.7 Å². The number of anilines is 1. The van der Waals surface area contributed by atoms with Gasteiger partial charge in [-0.3, -0.25) is 19.3 Å². The zero-order valence-corrected chi connectivity index (χ0v) is 33.5. The molecule has 53 heavy (non-hydrogen) atoms. The first kappa shape index (κ1) is 38.8. The number of nitrogens with one attached hydrogen (secondary N) is 1. The molecule has 0 aromatic heterocycles. The van der Waals surface area contributed by atoms with Gasteiger partial charge < -0.3 is 14.4 Å². The average Bonchev–Trinajstić information content (AvgIpc) is 3.31. The molecule has 1 saturated carbocycles. The topological polar surface area (TPSA) is 74.3 Å². The van der Waals surface area contributed by atoms with E-state index in [1.54, 1.807) is 6.07 Å². The SMILES string of the molecule is CCCc1cc(Cl)ccc1C1COc2ccc3cc2N(C1)CC1CCC1C(CN1CCN2CCC(F)CC2C1)(OC)/C=C/CC(C)C(C)S(=O)NC3=O. The van der Waals surface area contributed by atoms with Crippen LogP contribution in [0.4, 0.5) is 10.1 Å².